The van der Waals surface area contributed by atoms with E-state index < -0.39 is 17.6 Å². The van der Waals surface area contributed by atoms with Gasteiger partial charge in [-0.3, -0.25) is 9.59 Å². The Morgan fingerprint density at radius 3 is 2.83 bits per heavy atom. The SMILES string of the molecule is CCCCc1nn2c(=O)cc(CSCC(=O)Nc3cccc(C(F)(F)F)c3)nc2s1. The van der Waals surface area contributed by atoms with E-state index in [2.05, 4.69) is 22.3 Å². The maximum Gasteiger partial charge on any atom is 0.416 e. The highest BCUT2D eigenvalue weighted by atomic mass is 32.2. The quantitative estimate of drug-likeness (QED) is 0.544. The van der Waals surface area contributed by atoms with Crippen LogP contribution < -0.4 is 10.9 Å². The Bertz CT molecular complexity index is 1100. The number of thioether (sulfide) groups is 1. The molecule has 0 spiro atoms. The van der Waals surface area contributed by atoms with Crippen LogP contribution in [0.2, 0.25) is 0 Å². The van der Waals surface area contributed by atoms with Crippen LogP contribution in [0.4, 0.5) is 18.9 Å². The predicted octanol–water partition coefficient (Wildman–Crippen LogP) is 4.38. The number of aryl methyl sites for hydroxylation is 1. The van der Waals surface area contributed by atoms with E-state index in [1.165, 1.54) is 45.8 Å². The number of halogens is 3. The maximum atomic E-state index is 12.7. The van der Waals surface area contributed by atoms with Gasteiger partial charge in [0.1, 0.15) is 5.01 Å². The molecule has 11 heteroatoms. The van der Waals surface area contributed by atoms with Crippen molar-refractivity contribution in [2.24, 2.45) is 0 Å². The van der Waals surface area contributed by atoms with Crippen molar-refractivity contribution >= 4 is 39.7 Å². The molecule has 160 valence electrons. The van der Waals surface area contributed by atoms with Crippen LogP contribution in [0, 0.1) is 0 Å². The third-order valence-corrected chi connectivity index (χ3v) is 5.98. The Hall–Kier alpha value is -2.40. The van der Waals surface area contributed by atoms with E-state index in [1.807, 2.05) is 0 Å². The minimum atomic E-state index is -4.47. The van der Waals surface area contributed by atoms with Gasteiger partial charge in [-0.15, -0.1) is 11.8 Å². The van der Waals surface area contributed by atoms with Gasteiger partial charge in [-0.2, -0.15) is 22.8 Å². The molecular formula is C19H19F3N4O2S2. The number of fused-ring (bicyclic) bond motifs is 1. The Morgan fingerprint density at radius 2 is 2.10 bits per heavy atom. The fraction of sp³-hybridized carbons (Fsp3) is 0.368. The molecule has 3 rings (SSSR count). The lowest BCUT2D eigenvalue weighted by atomic mass is 10.2. The first-order valence-electron chi connectivity index (χ1n) is 9.20. The van der Waals surface area contributed by atoms with Crippen molar-refractivity contribution < 1.29 is 18.0 Å². The number of hydrogen-bond donors (Lipinski definition) is 1. The van der Waals surface area contributed by atoms with Gasteiger partial charge in [0.05, 0.1) is 17.0 Å². The molecule has 0 bridgehead atoms. The van der Waals surface area contributed by atoms with E-state index >= 15 is 0 Å². The number of hydrogen-bond acceptors (Lipinski definition) is 6. The molecule has 3 aromatic rings. The van der Waals surface area contributed by atoms with Crippen LogP contribution in [0.1, 0.15) is 36.0 Å². The zero-order valence-corrected chi connectivity index (χ0v) is 17.7. The molecule has 0 aliphatic rings. The number of benzene rings is 1. The number of rotatable bonds is 8. The van der Waals surface area contributed by atoms with Crippen LogP contribution >= 0.6 is 23.1 Å². The van der Waals surface area contributed by atoms with Gasteiger partial charge in [0.2, 0.25) is 10.9 Å². The third kappa shape index (κ3) is 5.82. The minimum Gasteiger partial charge on any atom is -0.325 e. The van der Waals surface area contributed by atoms with Crippen LogP contribution in [0.15, 0.2) is 35.1 Å². The van der Waals surface area contributed by atoms with Gasteiger partial charge >= 0.3 is 6.18 Å². The van der Waals surface area contributed by atoms with E-state index in [0.29, 0.717) is 16.4 Å². The molecule has 2 aromatic heterocycles. The topological polar surface area (TPSA) is 76.4 Å². The standard InChI is InChI=1S/C19H19F3N4O2S2/c1-2-3-7-16-25-26-17(28)9-14(24-18(26)30-16)10-29-11-15(27)23-13-6-4-5-12(8-13)19(20,21)22/h4-6,8-9H,2-3,7,10-11H2,1H3,(H,23,27). The van der Waals surface area contributed by atoms with Crippen molar-refractivity contribution in [3.8, 4) is 0 Å². The Balaban J connectivity index is 1.57. The van der Waals surface area contributed by atoms with Crippen LogP contribution in [-0.4, -0.2) is 26.3 Å². The molecular weight excluding hydrogens is 437 g/mol. The second-order valence-electron chi connectivity index (χ2n) is 6.50. The summed E-state index contributed by atoms with van der Waals surface area (Å²) < 4.78 is 39.5. The second-order valence-corrected chi connectivity index (χ2v) is 8.53. The molecule has 0 fully saturated rings. The molecule has 0 radical (unpaired) electrons. The van der Waals surface area contributed by atoms with E-state index in [4.69, 9.17) is 0 Å². The fourth-order valence-corrected chi connectivity index (χ4v) is 4.29. The number of nitrogens with one attached hydrogen (secondary N) is 1. The van der Waals surface area contributed by atoms with Crippen molar-refractivity contribution in [3.05, 3.63) is 57.0 Å². The lowest BCUT2D eigenvalue weighted by Gasteiger charge is -2.09. The lowest BCUT2D eigenvalue weighted by molar-refractivity contribution is -0.137. The molecule has 0 atom stereocenters. The summed E-state index contributed by atoms with van der Waals surface area (Å²) in [5.41, 5.74) is -0.489. The van der Waals surface area contributed by atoms with Crippen molar-refractivity contribution in [1.82, 2.24) is 14.6 Å². The molecule has 6 nitrogen and oxygen atoms in total. The van der Waals surface area contributed by atoms with Crippen LogP contribution in [-0.2, 0) is 23.1 Å². The van der Waals surface area contributed by atoms with Gasteiger partial charge in [-0.1, -0.05) is 30.7 Å². The van der Waals surface area contributed by atoms with Crippen molar-refractivity contribution in [2.45, 2.75) is 38.1 Å². The highest BCUT2D eigenvalue weighted by Gasteiger charge is 2.30. The van der Waals surface area contributed by atoms with Crippen molar-refractivity contribution in [3.63, 3.8) is 0 Å². The first-order valence-corrected chi connectivity index (χ1v) is 11.2. The molecule has 1 aromatic carbocycles. The smallest absolute Gasteiger partial charge is 0.325 e. The molecule has 0 aliphatic carbocycles. The highest BCUT2D eigenvalue weighted by molar-refractivity contribution is 7.99. The van der Waals surface area contributed by atoms with Gasteiger partial charge in [-0.25, -0.2) is 4.98 Å². The summed E-state index contributed by atoms with van der Waals surface area (Å²) >= 11 is 2.59. The molecule has 1 amide bonds. The van der Waals surface area contributed by atoms with E-state index in [-0.39, 0.29) is 17.0 Å². The number of alkyl halides is 3. The summed E-state index contributed by atoms with van der Waals surface area (Å²) in [5, 5.41) is 7.58. The summed E-state index contributed by atoms with van der Waals surface area (Å²) in [7, 11) is 0. The van der Waals surface area contributed by atoms with Gasteiger partial charge in [0.15, 0.2) is 0 Å². The lowest BCUT2D eigenvalue weighted by Crippen LogP contribution is -2.16. The summed E-state index contributed by atoms with van der Waals surface area (Å²) in [5.74, 6) is -0.0946. The van der Waals surface area contributed by atoms with E-state index in [9.17, 15) is 22.8 Å². The summed E-state index contributed by atoms with van der Waals surface area (Å²) in [4.78, 5) is 29.2. The van der Waals surface area contributed by atoms with E-state index in [0.717, 1.165) is 36.4 Å². The van der Waals surface area contributed by atoms with Crippen LogP contribution in [0.3, 0.4) is 0 Å². The zero-order valence-electron chi connectivity index (χ0n) is 16.0. The molecule has 0 aliphatic heterocycles. The second kappa shape index (κ2) is 9.61. The minimum absolute atomic E-state index is 0.0156. The molecule has 30 heavy (non-hydrogen) atoms. The predicted molar refractivity (Wildman–Crippen MR) is 112 cm³/mol. The molecule has 0 unspecified atom stereocenters. The van der Waals surface area contributed by atoms with Gasteiger partial charge < -0.3 is 5.32 Å². The molecule has 2 heterocycles. The van der Waals surface area contributed by atoms with Crippen LogP contribution in [0.5, 0.6) is 0 Å². The summed E-state index contributed by atoms with van der Waals surface area (Å²) in [6, 6.07) is 5.85. The van der Waals surface area contributed by atoms with Crippen molar-refractivity contribution in [1.29, 1.82) is 0 Å². The van der Waals surface area contributed by atoms with Gasteiger partial charge in [0.25, 0.3) is 5.56 Å². The molecule has 0 saturated carbocycles. The average molecular weight is 457 g/mol. The number of carbonyl (C=O) groups excluding carboxylic acids is 1. The number of carbonyl (C=O) groups is 1. The normalized spacial score (nSPS) is 11.7. The zero-order chi connectivity index (χ0) is 21.7. The number of aromatic nitrogens is 3. The monoisotopic (exact) mass is 456 g/mol. The third-order valence-electron chi connectivity index (χ3n) is 4.04. The number of amides is 1. The maximum absolute atomic E-state index is 12.7. The first-order chi connectivity index (χ1) is 14.3. The highest BCUT2D eigenvalue weighted by Crippen LogP contribution is 2.30. The van der Waals surface area contributed by atoms with Crippen molar-refractivity contribution in [2.75, 3.05) is 11.1 Å². The molecule has 1 N–H and O–H groups in total. The van der Waals surface area contributed by atoms with Gasteiger partial charge in [0, 0.05) is 23.9 Å². The largest absolute Gasteiger partial charge is 0.416 e. The number of anilines is 1. The number of nitrogens with zero attached hydrogens (tertiary/aromatic N) is 3. The Morgan fingerprint density at radius 1 is 1.30 bits per heavy atom. The summed E-state index contributed by atoms with van der Waals surface area (Å²) in [6.45, 7) is 2.08. The van der Waals surface area contributed by atoms with Crippen LogP contribution in [0.25, 0.3) is 4.96 Å². The van der Waals surface area contributed by atoms with E-state index in [1.54, 1.807) is 0 Å². The summed E-state index contributed by atoms with van der Waals surface area (Å²) in [6.07, 6.45) is -1.66. The Kier molecular flexibility index (Phi) is 7.14. The Labute approximate surface area is 178 Å². The first kappa shape index (κ1) is 22.3. The fourth-order valence-electron chi connectivity index (χ4n) is 2.62. The molecule has 0 saturated heterocycles. The van der Waals surface area contributed by atoms with Gasteiger partial charge in [-0.05, 0) is 24.6 Å². The average Bonchev–Trinajstić information content (AvgIpc) is 3.09. The number of unbranched alkanes of at least 4 members (excludes halogenated alkanes) is 1.